The number of amides is 2. The standard InChI is InChI=1S/C17H17Cl2N3O2/c1-3-22(17(24)12-8-7-11(2)20-9-12)10-15(23)21-16-13(18)5-4-6-14(16)19/h4-9H,3,10H2,1-2H3,(H,21,23). The van der Waals surface area contributed by atoms with Crippen molar-refractivity contribution in [2.45, 2.75) is 13.8 Å². The van der Waals surface area contributed by atoms with Crippen molar-refractivity contribution in [2.75, 3.05) is 18.4 Å². The van der Waals surface area contributed by atoms with Crippen LogP contribution in [-0.2, 0) is 4.79 Å². The first-order valence-electron chi connectivity index (χ1n) is 7.38. The fraction of sp³-hybridized carbons (Fsp3) is 0.235. The predicted molar refractivity (Wildman–Crippen MR) is 95.6 cm³/mol. The Hall–Kier alpha value is -2.11. The van der Waals surface area contributed by atoms with E-state index < -0.39 is 0 Å². The number of rotatable bonds is 5. The van der Waals surface area contributed by atoms with Crippen LogP contribution >= 0.6 is 23.2 Å². The van der Waals surface area contributed by atoms with Crippen LogP contribution in [0.4, 0.5) is 5.69 Å². The average Bonchev–Trinajstić information content (AvgIpc) is 2.56. The monoisotopic (exact) mass is 365 g/mol. The third-order valence-electron chi connectivity index (χ3n) is 3.39. The number of likely N-dealkylation sites (N-methyl/N-ethyl adjacent to an activating group) is 1. The Kier molecular flexibility index (Phi) is 6.17. The Morgan fingerprint density at radius 2 is 1.83 bits per heavy atom. The molecule has 5 nitrogen and oxygen atoms in total. The lowest BCUT2D eigenvalue weighted by Gasteiger charge is -2.20. The van der Waals surface area contributed by atoms with E-state index in [2.05, 4.69) is 10.3 Å². The summed E-state index contributed by atoms with van der Waals surface area (Å²) < 4.78 is 0. The molecule has 0 aliphatic rings. The van der Waals surface area contributed by atoms with Crippen molar-refractivity contribution in [3.05, 3.63) is 57.8 Å². The van der Waals surface area contributed by atoms with Crippen LogP contribution in [0.5, 0.6) is 0 Å². The number of benzene rings is 1. The molecule has 0 fully saturated rings. The molecule has 2 amide bonds. The zero-order valence-corrected chi connectivity index (χ0v) is 14.9. The number of anilines is 1. The molecule has 0 unspecified atom stereocenters. The first-order valence-corrected chi connectivity index (χ1v) is 8.13. The summed E-state index contributed by atoms with van der Waals surface area (Å²) >= 11 is 12.1. The second-order valence-corrected chi connectivity index (χ2v) is 5.97. The van der Waals surface area contributed by atoms with E-state index in [1.807, 2.05) is 6.92 Å². The zero-order valence-electron chi connectivity index (χ0n) is 13.3. The molecular weight excluding hydrogens is 349 g/mol. The van der Waals surface area contributed by atoms with E-state index in [9.17, 15) is 9.59 Å². The number of aromatic nitrogens is 1. The molecule has 0 bridgehead atoms. The topological polar surface area (TPSA) is 62.3 Å². The highest BCUT2D eigenvalue weighted by atomic mass is 35.5. The van der Waals surface area contributed by atoms with Gasteiger partial charge < -0.3 is 10.2 Å². The van der Waals surface area contributed by atoms with Crippen molar-refractivity contribution < 1.29 is 9.59 Å². The highest BCUT2D eigenvalue weighted by Crippen LogP contribution is 2.29. The predicted octanol–water partition coefficient (Wildman–Crippen LogP) is 3.80. The van der Waals surface area contributed by atoms with E-state index in [1.165, 1.54) is 11.1 Å². The number of carbonyl (C=O) groups is 2. The van der Waals surface area contributed by atoms with E-state index in [0.717, 1.165) is 5.69 Å². The third kappa shape index (κ3) is 4.46. The van der Waals surface area contributed by atoms with Crippen LogP contribution in [0.15, 0.2) is 36.5 Å². The minimum atomic E-state index is -0.375. The zero-order chi connectivity index (χ0) is 17.7. The normalized spacial score (nSPS) is 10.3. The first kappa shape index (κ1) is 18.2. The summed E-state index contributed by atoms with van der Waals surface area (Å²) in [7, 11) is 0. The van der Waals surface area contributed by atoms with Crippen molar-refractivity contribution in [2.24, 2.45) is 0 Å². The molecule has 1 N–H and O–H groups in total. The van der Waals surface area contributed by atoms with E-state index in [4.69, 9.17) is 23.2 Å². The van der Waals surface area contributed by atoms with Crippen LogP contribution in [-0.4, -0.2) is 34.8 Å². The van der Waals surface area contributed by atoms with E-state index in [0.29, 0.717) is 27.8 Å². The van der Waals surface area contributed by atoms with Gasteiger partial charge >= 0.3 is 0 Å². The van der Waals surface area contributed by atoms with Gasteiger partial charge in [0.2, 0.25) is 5.91 Å². The van der Waals surface area contributed by atoms with Crippen LogP contribution in [0.1, 0.15) is 23.0 Å². The van der Waals surface area contributed by atoms with Crippen LogP contribution in [0.2, 0.25) is 10.0 Å². The van der Waals surface area contributed by atoms with Crippen molar-refractivity contribution in [1.29, 1.82) is 0 Å². The summed E-state index contributed by atoms with van der Waals surface area (Å²) in [6.07, 6.45) is 1.50. The van der Waals surface area contributed by atoms with Crippen molar-refractivity contribution in [3.63, 3.8) is 0 Å². The molecule has 0 atom stereocenters. The van der Waals surface area contributed by atoms with Crippen molar-refractivity contribution in [1.82, 2.24) is 9.88 Å². The van der Waals surface area contributed by atoms with Crippen LogP contribution in [0.25, 0.3) is 0 Å². The summed E-state index contributed by atoms with van der Waals surface area (Å²) in [6.45, 7) is 3.92. The number of pyridine rings is 1. The van der Waals surface area contributed by atoms with Gasteiger partial charge in [0.15, 0.2) is 0 Å². The van der Waals surface area contributed by atoms with Gasteiger partial charge in [-0.05, 0) is 38.1 Å². The lowest BCUT2D eigenvalue weighted by Crippen LogP contribution is -2.38. The van der Waals surface area contributed by atoms with Crippen molar-refractivity contribution in [3.8, 4) is 0 Å². The largest absolute Gasteiger partial charge is 0.330 e. The Labute approximate surface area is 150 Å². The molecule has 24 heavy (non-hydrogen) atoms. The molecule has 0 saturated heterocycles. The number of para-hydroxylation sites is 1. The first-order chi connectivity index (χ1) is 11.4. The summed E-state index contributed by atoms with van der Waals surface area (Å²) in [5.41, 5.74) is 1.60. The van der Waals surface area contributed by atoms with Gasteiger partial charge in [-0.2, -0.15) is 0 Å². The molecule has 1 aromatic heterocycles. The van der Waals surface area contributed by atoms with Gasteiger partial charge in [0.1, 0.15) is 6.54 Å². The summed E-state index contributed by atoms with van der Waals surface area (Å²) in [6, 6.07) is 8.39. The summed E-state index contributed by atoms with van der Waals surface area (Å²) in [5.74, 6) is -0.634. The maximum Gasteiger partial charge on any atom is 0.255 e. The number of hydrogen-bond acceptors (Lipinski definition) is 3. The van der Waals surface area contributed by atoms with Gasteiger partial charge in [-0.25, -0.2) is 0 Å². The van der Waals surface area contributed by atoms with Crippen LogP contribution in [0.3, 0.4) is 0 Å². The van der Waals surface area contributed by atoms with Gasteiger partial charge in [-0.1, -0.05) is 29.3 Å². The Morgan fingerprint density at radius 1 is 1.17 bits per heavy atom. The van der Waals surface area contributed by atoms with E-state index in [-0.39, 0.29) is 18.4 Å². The molecule has 2 aromatic rings. The molecule has 126 valence electrons. The second-order valence-electron chi connectivity index (χ2n) is 5.15. The Morgan fingerprint density at radius 3 is 2.38 bits per heavy atom. The van der Waals surface area contributed by atoms with Gasteiger partial charge in [0.05, 0.1) is 21.3 Å². The number of nitrogens with one attached hydrogen (secondary N) is 1. The fourth-order valence-corrected chi connectivity index (χ4v) is 2.57. The quantitative estimate of drug-likeness (QED) is 0.876. The molecule has 0 spiro atoms. The molecule has 0 saturated carbocycles. The molecule has 2 rings (SSSR count). The number of aryl methyl sites for hydroxylation is 1. The molecular formula is C17H17Cl2N3O2. The third-order valence-corrected chi connectivity index (χ3v) is 4.02. The smallest absolute Gasteiger partial charge is 0.255 e. The number of hydrogen-bond donors (Lipinski definition) is 1. The molecule has 0 aliphatic carbocycles. The molecule has 0 aliphatic heterocycles. The van der Waals surface area contributed by atoms with E-state index >= 15 is 0 Å². The fourth-order valence-electron chi connectivity index (χ4n) is 2.07. The highest BCUT2D eigenvalue weighted by molar-refractivity contribution is 6.39. The number of halogens is 2. The van der Waals surface area contributed by atoms with Gasteiger partial charge in [-0.3, -0.25) is 14.6 Å². The second kappa shape index (κ2) is 8.13. The molecule has 1 heterocycles. The Balaban J connectivity index is 2.08. The van der Waals surface area contributed by atoms with Crippen LogP contribution < -0.4 is 5.32 Å². The van der Waals surface area contributed by atoms with Gasteiger partial charge in [0.25, 0.3) is 5.91 Å². The highest BCUT2D eigenvalue weighted by Gasteiger charge is 2.18. The lowest BCUT2D eigenvalue weighted by molar-refractivity contribution is -0.116. The van der Waals surface area contributed by atoms with Crippen molar-refractivity contribution >= 4 is 40.7 Å². The lowest BCUT2D eigenvalue weighted by atomic mass is 10.2. The molecule has 0 radical (unpaired) electrons. The number of carbonyl (C=O) groups excluding carboxylic acids is 2. The number of nitrogens with zero attached hydrogens (tertiary/aromatic N) is 2. The average molecular weight is 366 g/mol. The minimum absolute atomic E-state index is 0.106. The van der Waals surface area contributed by atoms with E-state index in [1.54, 1.807) is 37.3 Å². The SMILES string of the molecule is CCN(CC(=O)Nc1c(Cl)cccc1Cl)C(=O)c1ccc(C)nc1. The maximum absolute atomic E-state index is 12.5. The maximum atomic E-state index is 12.5. The van der Waals surface area contributed by atoms with Gasteiger partial charge in [-0.15, -0.1) is 0 Å². The summed E-state index contributed by atoms with van der Waals surface area (Å²) in [4.78, 5) is 30.2. The summed E-state index contributed by atoms with van der Waals surface area (Å²) in [5, 5.41) is 3.33. The Bertz CT molecular complexity index is 728. The van der Waals surface area contributed by atoms with Crippen LogP contribution in [0, 0.1) is 6.92 Å². The molecule has 7 heteroatoms. The molecule has 1 aromatic carbocycles. The van der Waals surface area contributed by atoms with Gasteiger partial charge in [0, 0.05) is 18.4 Å². The minimum Gasteiger partial charge on any atom is -0.330 e.